The van der Waals surface area contributed by atoms with E-state index >= 15 is 0 Å². The summed E-state index contributed by atoms with van der Waals surface area (Å²) in [6.07, 6.45) is 3.06. The third kappa shape index (κ3) is 2.97. The van der Waals surface area contributed by atoms with Crippen LogP contribution >= 0.6 is 0 Å². The second-order valence-corrected chi connectivity index (χ2v) is 4.47. The molecule has 0 spiro atoms. The Morgan fingerprint density at radius 2 is 1.94 bits per heavy atom. The van der Waals surface area contributed by atoms with E-state index in [1.165, 1.54) is 18.4 Å². The molecule has 1 fully saturated rings. The lowest BCUT2D eigenvalue weighted by molar-refractivity contribution is 0.247. The average molecular weight is 233 g/mol. The summed E-state index contributed by atoms with van der Waals surface area (Å²) in [4.78, 5) is 2.41. The summed E-state index contributed by atoms with van der Waals surface area (Å²) < 4.78 is 0. The molecule has 1 saturated heterocycles. The summed E-state index contributed by atoms with van der Waals surface area (Å²) in [5.41, 5.74) is 6.89. The quantitative estimate of drug-likeness (QED) is 0.362. The third-order valence-electron chi connectivity index (χ3n) is 3.30. The van der Waals surface area contributed by atoms with Crippen LogP contribution in [0.5, 0.6) is 0 Å². The highest BCUT2D eigenvalue weighted by atomic mass is 16.4. The normalized spacial score (nSPS) is 19.4. The minimum absolute atomic E-state index is 0.231. The van der Waals surface area contributed by atoms with Gasteiger partial charge in [-0.3, -0.25) is 4.90 Å². The number of rotatable bonds is 4. The van der Waals surface area contributed by atoms with Crippen molar-refractivity contribution in [3.8, 4) is 0 Å². The fourth-order valence-corrected chi connectivity index (χ4v) is 2.43. The number of hydrogen-bond donors (Lipinski definition) is 2. The maximum absolute atomic E-state index is 8.72. The van der Waals surface area contributed by atoms with E-state index in [-0.39, 0.29) is 6.04 Å². The molecule has 1 aromatic rings. The van der Waals surface area contributed by atoms with Gasteiger partial charge in [0.05, 0.1) is 0 Å². The van der Waals surface area contributed by atoms with E-state index in [9.17, 15) is 0 Å². The molecule has 4 nitrogen and oxygen atoms in total. The SMILES string of the molecule is NC(CC(c1ccccc1)N1CCCC1)=NO. The Morgan fingerprint density at radius 3 is 2.53 bits per heavy atom. The van der Waals surface area contributed by atoms with Gasteiger partial charge in [0.25, 0.3) is 0 Å². The lowest BCUT2D eigenvalue weighted by atomic mass is 10.0. The zero-order chi connectivity index (χ0) is 12.1. The van der Waals surface area contributed by atoms with Gasteiger partial charge in [0, 0.05) is 12.5 Å². The van der Waals surface area contributed by atoms with Crippen molar-refractivity contribution in [2.45, 2.75) is 25.3 Å². The zero-order valence-corrected chi connectivity index (χ0v) is 9.92. The largest absolute Gasteiger partial charge is 0.409 e. The second kappa shape index (κ2) is 5.68. The van der Waals surface area contributed by atoms with Crippen LogP contribution < -0.4 is 5.73 Å². The standard InChI is InChI=1S/C13H19N3O/c14-13(15-17)10-12(16-8-4-5-9-16)11-6-2-1-3-7-11/h1-3,6-7,12,17H,4-5,8-10H2,(H2,14,15). The molecule has 3 N–H and O–H groups in total. The first-order valence-corrected chi connectivity index (χ1v) is 6.06. The minimum Gasteiger partial charge on any atom is -0.409 e. The molecule has 0 aliphatic carbocycles. The molecule has 0 amide bonds. The van der Waals surface area contributed by atoms with Gasteiger partial charge in [0.2, 0.25) is 0 Å². The summed E-state index contributed by atoms with van der Waals surface area (Å²) in [5.74, 6) is 0.297. The van der Waals surface area contributed by atoms with Crippen molar-refractivity contribution < 1.29 is 5.21 Å². The fraction of sp³-hybridized carbons (Fsp3) is 0.462. The Labute approximate surface area is 102 Å². The van der Waals surface area contributed by atoms with Gasteiger partial charge in [-0.2, -0.15) is 0 Å². The van der Waals surface area contributed by atoms with Crippen molar-refractivity contribution in [3.63, 3.8) is 0 Å². The number of likely N-dealkylation sites (tertiary alicyclic amines) is 1. The van der Waals surface area contributed by atoms with Crippen molar-refractivity contribution in [1.29, 1.82) is 0 Å². The number of benzene rings is 1. The van der Waals surface area contributed by atoms with Crippen LogP contribution in [0.3, 0.4) is 0 Å². The van der Waals surface area contributed by atoms with E-state index in [2.05, 4.69) is 22.2 Å². The molecule has 2 rings (SSSR count). The lowest BCUT2D eigenvalue weighted by Crippen LogP contribution is -2.29. The number of oxime groups is 1. The highest BCUT2D eigenvalue weighted by molar-refractivity contribution is 5.80. The van der Waals surface area contributed by atoms with E-state index in [4.69, 9.17) is 10.9 Å². The van der Waals surface area contributed by atoms with Crippen LogP contribution in [-0.4, -0.2) is 29.0 Å². The Balaban J connectivity index is 2.17. The Morgan fingerprint density at radius 1 is 1.29 bits per heavy atom. The third-order valence-corrected chi connectivity index (χ3v) is 3.30. The summed E-state index contributed by atoms with van der Waals surface area (Å²) in [7, 11) is 0. The molecule has 1 aliphatic rings. The molecule has 0 aromatic heterocycles. The van der Waals surface area contributed by atoms with Gasteiger partial charge in [-0.15, -0.1) is 0 Å². The van der Waals surface area contributed by atoms with Crippen LogP contribution in [0.1, 0.15) is 30.9 Å². The first kappa shape index (κ1) is 11.9. The molecular formula is C13H19N3O. The van der Waals surface area contributed by atoms with Gasteiger partial charge < -0.3 is 10.9 Å². The molecule has 0 radical (unpaired) electrons. The van der Waals surface area contributed by atoms with Gasteiger partial charge in [-0.1, -0.05) is 35.5 Å². The number of hydrogen-bond acceptors (Lipinski definition) is 3. The van der Waals surface area contributed by atoms with Crippen LogP contribution in [-0.2, 0) is 0 Å². The first-order chi connectivity index (χ1) is 8.31. The van der Waals surface area contributed by atoms with Gasteiger partial charge in [-0.25, -0.2) is 0 Å². The Kier molecular flexibility index (Phi) is 3.98. The molecule has 17 heavy (non-hydrogen) atoms. The van der Waals surface area contributed by atoms with Crippen molar-refractivity contribution in [1.82, 2.24) is 4.90 Å². The van der Waals surface area contributed by atoms with Crippen molar-refractivity contribution >= 4 is 5.84 Å². The van der Waals surface area contributed by atoms with Gasteiger partial charge in [-0.05, 0) is 31.5 Å². The molecule has 1 unspecified atom stereocenters. The van der Waals surface area contributed by atoms with Crippen molar-refractivity contribution in [2.75, 3.05) is 13.1 Å². The van der Waals surface area contributed by atoms with Gasteiger partial charge in [0.15, 0.2) is 0 Å². The van der Waals surface area contributed by atoms with Crippen LogP contribution in [0.4, 0.5) is 0 Å². The molecule has 92 valence electrons. The van der Waals surface area contributed by atoms with E-state index in [1.807, 2.05) is 18.2 Å². The first-order valence-electron chi connectivity index (χ1n) is 6.06. The monoisotopic (exact) mass is 233 g/mol. The molecule has 0 saturated carbocycles. The summed E-state index contributed by atoms with van der Waals surface area (Å²) >= 11 is 0. The topological polar surface area (TPSA) is 61.8 Å². The molecule has 4 heteroatoms. The molecular weight excluding hydrogens is 214 g/mol. The van der Waals surface area contributed by atoms with Crippen LogP contribution in [0.2, 0.25) is 0 Å². The van der Waals surface area contributed by atoms with Crippen LogP contribution in [0, 0.1) is 0 Å². The summed E-state index contributed by atoms with van der Waals surface area (Å²) in [6, 6.07) is 10.5. The van der Waals surface area contributed by atoms with E-state index in [0.717, 1.165) is 13.1 Å². The minimum atomic E-state index is 0.231. The van der Waals surface area contributed by atoms with Crippen LogP contribution in [0.15, 0.2) is 35.5 Å². The van der Waals surface area contributed by atoms with E-state index in [0.29, 0.717) is 12.3 Å². The number of nitrogens with two attached hydrogens (primary N) is 1. The highest BCUT2D eigenvalue weighted by Crippen LogP contribution is 2.27. The Hall–Kier alpha value is -1.55. The second-order valence-electron chi connectivity index (χ2n) is 4.47. The van der Waals surface area contributed by atoms with E-state index < -0.39 is 0 Å². The summed E-state index contributed by atoms with van der Waals surface area (Å²) in [5, 5.41) is 11.8. The van der Waals surface area contributed by atoms with Gasteiger partial charge >= 0.3 is 0 Å². The lowest BCUT2D eigenvalue weighted by Gasteiger charge is -2.27. The molecule has 0 bridgehead atoms. The average Bonchev–Trinajstić information content (AvgIpc) is 2.90. The molecule has 1 atom stereocenters. The number of amidine groups is 1. The zero-order valence-electron chi connectivity index (χ0n) is 9.92. The van der Waals surface area contributed by atoms with Crippen molar-refractivity contribution in [3.05, 3.63) is 35.9 Å². The Bertz CT molecular complexity index is 372. The predicted octanol–water partition coefficient (Wildman–Crippen LogP) is 1.96. The van der Waals surface area contributed by atoms with Gasteiger partial charge in [0.1, 0.15) is 5.84 Å². The number of nitrogens with zero attached hydrogens (tertiary/aromatic N) is 2. The van der Waals surface area contributed by atoms with Crippen molar-refractivity contribution in [2.24, 2.45) is 10.9 Å². The van der Waals surface area contributed by atoms with Crippen LogP contribution in [0.25, 0.3) is 0 Å². The van der Waals surface area contributed by atoms with E-state index in [1.54, 1.807) is 0 Å². The molecule has 1 heterocycles. The molecule has 1 aliphatic heterocycles. The predicted molar refractivity (Wildman–Crippen MR) is 68.0 cm³/mol. The summed E-state index contributed by atoms with van der Waals surface area (Å²) in [6.45, 7) is 2.19. The fourth-order valence-electron chi connectivity index (χ4n) is 2.43. The molecule has 1 aromatic carbocycles. The smallest absolute Gasteiger partial charge is 0.141 e. The highest BCUT2D eigenvalue weighted by Gasteiger charge is 2.24. The maximum atomic E-state index is 8.72. The maximum Gasteiger partial charge on any atom is 0.141 e.